The topological polar surface area (TPSA) is 29.9 Å². The summed E-state index contributed by atoms with van der Waals surface area (Å²) < 4.78 is 2.17. The molecule has 1 aromatic heterocycles. The van der Waals surface area contributed by atoms with Crippen molar-refractivity contribution in [2.45, 2.75) is 13.0 Å². The van der Waals surface area contributed by atoms with E-state index in [1.54, 1.807) is 0 Å². The summed E-state index contributed by atoms with van der Waals surface area (Å²) in [5.41, 5.74) is 1.23. The Morgan fingerprint density at radius 1 is 1.29 bits per heavy atom. The number of likely N-dealkylation sites (N-methyl/N-ethyl adjacent to an activating group) is 1. The van der Waals surface area contributed by atoms with Crippen molar-refractivity contribution in [2.75, 3.05) is 13.6 Å². The lowest BCUT2D eigenvalue weighted by molar-refractivity contribution is 0.621. The van der Waals surface area contributed by atoms with Gasteiger partial charge >= 0.3 is 0 Å². The van der Waals surface area contributed by atoms with Gasteiger partial charge < -0.3 is 9.88 Å². The second-order valence-corrected chi connectivity index (χ2v) is 4.38. The number of nitrogens with zero attached hydrogens (tertiary/aromatic N) is 2. The van der Waals surface area contributed by atoms with Gasteiger partial charge in [0.05, 0.1) is 0 Å². The van der Waals surface area contributed by atoms with Crippen LogP contribution in [0.4, 0.5) is 0 Å². The number of halogens is 1. The van der Waals surface area contributed by atoms with E-state index in [4.69, 9.17) is 11.6 Å². The van der Waals surface area contributed by atoms with E-state index in [0.717, 1.165) is 30.4 Å². The quantitative estimate of drug-likeness (QED) is 0.882. The summed E-state index contributed by atoms with van der Waals surface area (Å²) in [6.07, 6.45) is 4.71. The first kappa shape index (κ1) is 12.1. The Kier molecular flexibility index (Phi) is 4.18. The minimum Gasteiger partial charge on any atom is -0.333 e. The zero-order valence-corrected chi connectivity index (χ0v) is 10.6. The number of benzene rings is 1. The molecule has 0 aliphatic heterocycles. The van der Waals surface area contributed by atoms with Crippen LogP contribution < -0.4 is 5.32 Å². The molecule has 1 N–H and O–H groups in total. The van der Waals surface area contributed by atoms with E-state index in [2.05, 4.69) is 14.9 Å². The molecule has 0 spiro atoms. The average Bonchev–Trinajstić information content (AvgIpc) is 2.77. The summed E-state index contributed by atoms with van der Waals surface area (Å²) in [4.78, 5) is 4.39. The monoisotopic (exact) mass is 249 g/mol. The predicted molar refractivity (Wildman–Crippen MR) is 70.4 cm³/mol. The van der Waals surface area contributed by atoms with Crippen molar-refractivity contribution in [1.82, 2.24) is 14.9 Å². The summed E-state index contributed by atoms with van der Waals surface area (Å²) >= 11 is 5.86. The Morgan fingerprint density at radius 2 is 2.06 bits per heavy atom. The highest BCUT2D eigenvalue weighted by molar-refractivity contribution is 6.30. The lowest BCUT2D eigenvalue weighted by Crippen LogP contribution is -2.16. The number of rotatable bonds is 5. The van der Waals surface area contributed by atoms with E-state index in [1.165, 1.54) is 5.56 Å². The number of aromatic nitrogens is 2. The van der Waals surface area contributed by atoms with Gasteiger partial charge in [0.2, 0.25) is 0 Å². The fraction of sp³-hybridized carbons (Fsp3) is 0.308. The molecule has 0 bridgehead atoms. The first-order valence-electron chi connectivity index (χ1n) is 5.68. The van der Waals surface area contributed by atoms with E-state index in [-0.39, 0.29) is 0 Å². The van der Waals surface area contributed by atoms with Crippen LogP contribution in [0.3, 0.4) is 0 Å². The second-order valence-electron chi connectivity index (χ2n) is 3.94. The Bertz CT molecular complexity index is 462. The van der Waals surface area contributed by atoms with E-state index < -0.39 is 0 Å². The second kappa shape index (κ2) is 5.84. The molecule has 90 valence electrons. The fourth-order valence-corrected chi connectivity index (χ4v) is 1.85. The normalized spacial score (nSPS) is 10.7. The zero-order chi connectivity index (χ0) is 12.1. The molecule has 4 heteroatoms. The van der Waals surface area contributed by atoms with Crippen molar-refractivity contribution in [3.63, 3.8) is 0 Å². The van der Waals surface area contributed by atoms with E-state index in [9.17, 15) is 0 Å². The van der Waals surface area contributed by atoms with Gasteiger partial charge in [-0.2, -0.15) is 0 Å². The van der Waals surface area contributed by atoms with Crippen molar-refractivity contribution in [2.24, 2.45) is 0 Å². The zero-order valence-electron chi connectivity index (χ0n) is 9.86. The number of imidazole rings is 1. The molecule has 0 aliphatic carbocycles. The highest BCUT2D eigenvalue weighted by Crippen LogP contribution is 2.12. The highest BCUT2D eigenvalue weighted by Gasteiger charge is 2.03. The van der Waals surface area contributed by atoms with Crippen molar-refractivity contribution >= 4 is 11.6 Å². The lowest BCUT2D eigenvalue weighted by atomic mass is 10.1. The maximum absolute atomic E-state index is 5.86. The predicted octanol–water partition coefficient (Wildman–Crippen LogP) is 2.35. The maximum Gasteiger partial charge on any atom is 0.113 e. The van der Waals surface area contributed by atoms with Crippen molar-refractivity contribution in [1.29, 1.82) is 0 Å². The Balaban J connectivity index is 2.07. The van der Waals surface area contributed by atoms with Gasteiger partial charge in [-0.15, -0.1) is 0 Å². The summed E-state index contributed by atoms with van der Waals surface area (Å²) in [6.45, 7) is 1.89. The SMILES string of the molecule is CNCCn1ccnc1Cc1ccc(Cl)cc1. The average molecular weight is 250 g/mol. The van der Waals surface area contributed by atoms with Crippen molar-refractivity contribution in [3.05, 3.63) is 53.1 Å². The largest absolute Gasteiger partial charge is 0.333 e. The van der Waals surface area contributed by atoms with Gasteiger partial charge in [0.1, 0.15) is 5.82 Å². The van der Waals surface area contributed by atoms with Crippen LogP contribution in [-0.2, 0) is 13.0 Å². The molecule has 0 amide bonds. The van der Waals surface area contributed by atoms with Crippen LogP contribution in [0.25, 0.3) is 0 Å². The minimum atomic E-state index is 0.771. The van der Waals surface area contributed by atoms with Crippen molar-refractivity contribution < 1.29 is 0 Å². The van der Waals surface area contributed by atoms with Crippen LogP contribution in [0.15, 0.2) is 36.7 Å². The van der Waals surface area contributed by atoms with Crippen LogP contribution in [0, 0.1) is 0 Å². The smallest absolute Gasteiger partial charge is 0.113 e. The minimum absolute atomic E-state index is 0.771. The molecule has 1 aromatic carbocycles. The molecule has 0 aliphatic rings. The van der Waals surface area contributed by atoms with Gasteiger partial charge in [0, 0.05) is 36.9 Å². The molecule has 0 fully saturated rings. The molecule has 0 saturated heterocycles. The van der Waals surface area contributed by atoms with Gasteiger partial charge in [0.25, 0.3) is 0 Å². The molecular weight excluding hydrogens is 234 g/mol. The standard InChI is InChI=1S/C13H16ClN3/c1-15-6-8-17-9-7-16-13(17)10-11-2-4-12(14)5-3-11/h2-5,7,9,15H,6,8,10H2,1H3. The van der Waals surface area contributed by atoms with Crippen LogP contribution in [0.5, 0.6) is 0 Å². The van der Waals surface area contributed by atoms with Gasteiger partial charge in [-0.1, -0.05) is 23.7 Å². The Hall–Kier alpha value is -1.32. The lowest BCUT2D eigenvalue weighted by Gasteiger charge is -2.07. The van der Waals surface area contributed by atoms with E-state index in [0.29, 0.717) is 0 Å². The molecule has 3 nitrogen and oxygen atoms in total. The third-order valence-corrected chi connectivity index (χ3v) is 2.93. The van der Waals surface area contributed by atoms with Crippen LogP contribution in [-0.4, -0.2) is 23.1 Å². The van der Waals surface area contributed by atoms with Gasteiger partial charge in [-0.05, 0) is 24.7 Å². The van der Waals surface area contributed by atoms with Crippen LogP contribution in [0.2, 0.25) is 5.02 Å². The first-order chi connectivity index (χ1) is 8.29. The maximum atomic E-state index is 5.86. The molecule has 17 heavy (non-hydrogen) atoms. The highest BCUT2D eigenvalue weighted by atomic mass is 35.5. The molecule has 0 unspecified atom stereocenters. The third-order valence-electron chi connectivity index (χ3n) is 2.68. The van der Waals surface area contributed by atoms with Gasteiger partial charge in [-0.3, -0.25) is 0 Å². The molecule has 0 atom stereocenters. The third kappa shape index (κ3) is 3.32. The first-order valence-corrected chi connectivity index (χ1v) is 6.06. The van der Waals surface area contributed by atoms with Crippen LogP contribution in [0.1, 0.15) is 11.4 Å². The molecule has 1 heterocycles. The summed E-state index contributed by atoms with van der Waals surface area (Å²) in [7, 11) is 1.95. The molecule has 0 saturated carbocycles. The Labute approximate surface area is 106 Å². The van der Waals surface area contributed by atoms with Gasteiger partial charge in [-0.25, -0.2) is 4.98 Å². The summed E-state index contributed by atoms with van der Waals surface area (Å²) in [6, 6.07) is 7.91. The van der Waals surface area contributed by atoms with Gasteiger partial charge in [0.15, 0.2) is 0 Å². The van der Waals surface area contributed by atoms with E-state index >= 15 is 0 Å². The summed E-state index contributed by atoms with van der Waals surface area (Å²) in [5.74, 6) is 1.09. The molecular formula is C13H16ClN3. The number of nitrogens with one attached hydrogen (secondary N) is 1. The van der Waals surface area contributed by atoms with Crippen LogP contribution >= 0.6 is 11.6 Å². The van der Waals surface area contributed by atoms with E-state index in [1.807, 2.05) is 43.7 Å². The molecule has 2 rings (SSSR count). The summed E-state index contributed by atoms with van der Waals surface area (Å²) in [5, 5.41) is 3.91. The number of hydrogen-bond donors (Lipinski definition) is 1. The molecule has 2 aromatic rings. The number of hydrogen-bond acceptors (Lipinski definition) is 2. The molecule has 0 radical (unpaired) electrons. The Morgan fingerprint density at radius 3 is 2.76 bits per heavy atom. The van der Waals surface area contributed by atoms with Crippen molar-refractivity contribution in [3.8, 4) is 0 Å². The fourth-order valence-electron chi connectivity index (χ4n) is 1.73.